The highest BCUT2D eigenvalue weighted by molar-refractivity contribution is 14.1. The molecule has 1 rings (SSSR count). The molecule has 0 saturated heterocycles. The lowest BCUT2D eigenvalue weighted by Crippen LogP contribution is -2.57. The standard InChI is InChI=1S/C18H29I3O3Si/c1-4-7-10-22-25(23-11-8-5-2,24-12-9-6-3)15-13-16(19)18(21)17(20)14-15/h13-14H,4-12H2,1-3H3. The van der Waals surface area contributed by atoms with Gasteiger partial charge in [-0.15, -0.1) is 0 Å². The van der Waals surface area contributed by atoms with Gasteiger partial charge in [0, 0.05) is 35.7 Å². The molecule has 0 N–H and O–H groups in total. The third kappa shape index (κ3) is 8.18. The molecule has 0 aromatic heterocycles. The Bertz CT molecular complexity index is 465. The molecule has 0 amide bonds. The normalized spacial score (nSPS) is 11.9. The molecule has 0 aliphatic rings. The highest BCUT2D eigenvalue weighted by atomic mass is 127. The van der Waals surface area contributed by atoms with Gasteiger partial charge in [-0.3, -0.25) is 0 Å². The van der Waals surface area contributed by atoms with Crippen LogP contribution in [0.4, 0.5) is 0 Å². The Hall–Kier alpha value is 1.51. The first kappa shape index (κ1) is 24.5. The molecule has 1 aromatic carbocycles. The zero-order valence-electron chi connectivity index (χ0n) is 15.4. The van der Waals surface area contributed by atoms with E-state index in [9.17, 15) is 0 Å². The van der Waals surface area contributed by atoms with Gasteiger partial charge in [-0.05, 0) is 99.2 Å². The van der Waals surface area contributed by atoms with Gasteiger partial charge in [-0.1, -0.05) is 40.0 Å². The van der Waals surface area contributed by atoms with Crippen molar-refractivity contribution in [1.82, 2.24) is 0 Å². The molecule has 0 atom stereocenters. The van der Waals surface area contributed by atoms with Crippen molar-refractivity contribution >= 4 is 81.8 Å². The fraction of sp³-hybridized carbons (Fsp3) is 0.667. The molecule has 0 spiro atoms. The minimum Gasteiger partial charge on any atom is -0.370 e. The van der Waals surface area contributed by atoms with E-state index in [0.717, 1.165) is 43.7 Å². The first-order valence-electron chi connectivity index (χ1n) is 9.07. The van der Waals surface area contributed by atoms with Gasteiger partial charge in [-0.25, -0.2) is 0 Å². The van der Waals surface area contributed by atoms with Crippen molar-refractivity contribution in [3.63, 3.8) is 0 Å². The smallest absolute Gasteiger partial charge is 0.370 e. The van der Waals surface area contributed by atoms with Gasteiger partial charge >= 0.3 is 8.80 Å². The molecule has 0 fully saturated rings. The summed E-state index contributed by atoms with van der Waals surface area (Å²) in [6.45, 7) is 8.62. The Labute approximate surface area is 195 Å². The Morgan fingerprint density at radius 1 is 0.720 bits per heavy atom. The van der Waals surface area contributed by atoms with E-state index in [-0.39, 0.29) is 0 Å². The number of hydrogen-bond donors (Lipinski definition) is 0. The van der Waals surface area contributed by atoms with E-state index in [2.05, 4.69) is 101 Å². The first-order valence-corrected chi connectivity index (χ1v) is 14.0. The Balaban J connectivity index is 3.17. The summed E-state index contributed by atoms with van der Waals surface area (Å²) in [7, 11) is -2.88. The largest absolute Gasteiger partial charge is 0.537 e. The fourth-order valence-corrected chi connectivity index (χ4v) is 7.46. The predicted octanol–water partition coefficient (Wildman–Crippen LogP) is 6.10. The van der Waals surface area contributed by atoms with Crippen molar-refractivity contribution < 1.29 is 13.3 Å². The summed E-state index contributed by atoms with van der Waals surface area (Å²) in [5.74, 6) is 0. The van der Waals surface area contributed by atoms with Crippen molar-refractivity contribution in [2.75, 3.05) is 19.8 Å². The summed E-state index contributed by atoms with van der Waals surface area (Å²) in [4.78, 5) is 0. The van der Waals surface area contributed by atoms with Gasteiger partial charge in [0.1, 0.15) is 0 Å². The molecule has 0 aliphatic heterocycles. The van der Waals surface area contributed by atoms with Gasteiger partial charge in [0.15, 0.2) is 0 Å². The van der Waals surface area contributed by atoms with Crippen LogP contribution in [0.25, 0.3) is 0 Å². The van der Waals surface area contributed by atoms with Gasteiger partial charge in [0.25, 0.3) is 0 Å². The average molecular weight is 702 g/mol. The SMILES string of the molecule is CCCCO[Si](OCCCC)(OCCCC)c1cc(I)c(I)c(I)c1. The van der Waals surface area contributed by atoms with E-state index < -0.39 is 8.80 Å². The Morgan fingerprint density at radius 3 is 1.40 bits per heavy atom. The van der Waals surface area contributed by atoms with Crippen LogP contribution in [-0.2, 0) is 13.3 Å². The summed E-state index contributed by atoms with van der Waals surface area (Å²) in [6, 6.07) is 4.39. The lowest BCUT2D eigenvalue weighted by molar-refractivity contribution is 0.0700. The summed E-state index contributed by atoms with van der Waals surface area (Å²) in [6.07, 6.45) is 6.41. The molecule has 7 heteroatoms. The monoisotopic (exact) mass is 702 g/mol. The number of benzene rings is 1. The van der Waals surface area contributed by atoms with E-state index >= 15 is 0 Å². The van der Waals surface area contributed by atoms with Crippen molar-refractivity contribution in [2.24, 2.45) is 0 Å². The van der Waals surface area contributed by atoms with Crippen LogP contribution in [0.5, 0.6) is 0 Å². The lowest BCUT2D eigenvalue weighted by atomic mass is 10.4. The van der Waals surface area contributed by atoms with Gasteiger partial charge in [0.2, 0.25) is 0 Å². The first-order chi connectivity index (χ1) is 12.0. The minimum absolute atomic E-state index is 0.695. The van der Waals surface area contributed by atoms with Crippen LogP contribution in [-0.4, -0.2) is 28.6 Å². The van der Waals surface area contributed by atoms with Crippen LogP contribution in [0, 0.1) is 10.7 Å². The summed E-state index contributed by atoms with van der Waals surface area (Å²) >= 11 is 7.18. The maximum atomic E-state index is 6.38. The van der Waals surface area contributed by atoms with E-state index in [1.165, 1.54) is 10.7 Å². The highest BCUT2D eigenvalue weighted by Crippen LogP contribution is 2.23. The van der Waals surface area contributed by atoms with Crippen molar-refractivity contribution in [2.45, 2.75) is 59.3 Å². The van der Waals surface area contributed by atoms with Crippen molar-refractivity contribution in [3.8, 4) is 0 Å². The van der Waals surface area contributed by atoms with Crippen LogP contribution < -0.4 is 5.19 Å². The second-order valence-electron chi connectivity index (χ2n) is 5.92. The summed E-state index contributed by atoms with van der Waals surface area (Å²) in [5, 5.41) is 1.10. The maximum Gasteiger partial charge on any atom is 0.537 e. The van der Waals surface area contributed by atoms with Crippen LogP contribution in [0.3, 0.4) is 0 Å². The average Bonchev–Trinajstić information content (AvgIpc) is 2.59. The number of unbranched alkanes of at least 4 members (excludes halogenated alkanes) is 3. The van der Waals surface area contributed by atoms with E-state index in [1.54, 1.807) is 0 Å². The molecule has 0 bridgehead atoms. The molecular weight excluding hydrogens is 673 g/mol. The summed E-state index contributed by atoms with van der Waals surface area (Å²) < 4.78 is 22.9. The van der Waals surface area contributed by atoms with E-state index in [0.29, 0.717) is 19.8 Å². The maximum absolute atomic E-state index is 6.38. The second-order valence-corrected chi connectivity index (χ2v) is 11.9. The van der Waals surface area contributed by atoms with Gasteiger partial charge < -0.3 is 13.3 Å². The van der Waals surface area contributed by atoms with Crippen molar-refractivity contribution in [3.05, 3.63) is 22.8 Å². The van der Waals surface area contributed by atoms with Gasteiger partial charge in [0.05, 0.1) is 0 Å². The molecule has 0 heterocycles. The summed E-state index contributed by atoms with van der Waals surface area (Å²) in [5.41, 5.74) is 0. The topological polar surface area (TPSA) is 27.7 Å². The zero-order chi connectivity index (χ0) is 18.7. The molecular formula is C18H29I3O3Si. The third-order valence-corrected chi connectivity index (χ3v) is 11.4. The van der Waals surface area contributed by atoms with Crippen LogP contribution in [0.15, 0.2) is 12.1 Å². The molecule has 1 aromatic rings. The second kappa shape index (κ2) is 13.6. The molecule has 0 aliphatic carbocycles. The minimum atomic E-state index is -2.88. The van der Waals surface area contributed by atoms with Crippen molar-refractivity contribution in [1.29, 1.82) is 0 Å². The van der Waals surface area contributed by atoms with Crippen LogP contribution in [0.1, 0.15) is 59.3 Å². The van der Waals surface area contributed by atoms with Gasteiger partial charge in [-0.2, -0.15) is 0 Å². The highest BCUT2D eigenvalue weighted by Gasteiger charge is 2.44. The quantitative estimate of drug-likeness (QED) is 0.108. The molecule has 0 radical (unpaired) electrons. The Kier molecular flexibility index (Phi) is 13.4. The number of halogens is 3. The molecule has 3 nitrogen and oxygen atoms in total. The predicted molar refractivity (Wildman–Crippen MR) is 133 cm³/mol. The number of hydrogen-bond acceptors (Lipinski definition) is 3. The van der Waals surface area contributed by atoms with E-state index in [4.69, 9.17) is 13.3 Å². The van der Waals surface area contributed by atoms with Crippen LogP contribution in [0.2, 0.25) is 0 Å². The molecule has 144 valence electrons. The van der Waals surface area contributed by atoms with Crippen LogP contribution >= 0.6 is 67.8 Å². The fourth-order valence-electron chi connectivity index (χ4n) is 2.16. The lowest BCUT2D eigenvalue weighted by Gasteiger charge is -2.30. The Morgan fingerprint density at radius 2 is 1.08 bits per heavy atom. The van der Waals surface area contributed by atoms with E-state index in [1.807, 2.05) is 0 Å². The number of rotatable bonds is 13. The third-order valence-electron chi connectivity index (χ3n) is 3.71. The zero-order valence-corrected chi connectivity index (χ0v) is 22.8. The molecule has 25 heavy (non-hydrogen) atoms. The molecule has 0 saturated carbocycles. The molecule has 0 unspecified atom stereocenters.